The molecule has 1 saturated heterocycles. The van der Waals surface area contributed by atoms with Gasteiger partial charge in [0.15, 0.2) is 0 Å². The number of carbonyl (C=O) groups is 3. The summed E-state index contributed by atoms with van der Waals surface area (Å²) in [5, 5.41) is 22.5. The van der Waals surface area contributed by atoms with Crippen molar-refractivity contribution in [3.63, 3.8) is 0 Å². The zero-order valence-corrected chi connectivity index (χ0v) is 18.2. The second-order valence-electron chi connectivity index (χ2n) is 9.57. The van der Waals surface area contributed by atoms with Gasteiger partial charge in [-0.2, -0.15) is 0 Å². The molecule has 3 aliphatic rings. The molecule has 0 spiro atoms. The van der Waals surface area contributed by atoms with Crippen LogP contribution >= 0.6 is 0 Å². The Labute approximate surface area is 176 Å². The molecule has 0 aromatic rings. The van der Waals surface area contributed by atoms with Crippen molar-refractivity contribution in [3.05, 3.63) is 12.2 Å². The van der Waals surface area contributed by atoms with Crippen molar-refractivity contribution in [2.24, 2.45) is 29.1 Å². The van der Waals surface area contributed by atoms with Crippen LogP contribution in [0.5, 0.6) is 0 Å². The summed E-state index contributed by atoms with van der Waals surface area (Å²) in [6.07, 6.45) is -4.22. The summed E-state index contributed by atoms with van der Waals surface area (Å²) in [6, 6.07) is 0. The minimum atomic E-state index is -1.19. The van der Waals surface area contributed by atoms with Crippen LogP contribution in [0.4, 0.5) is 0 Å². The third kappa shape index (κ3) is 3.54. The summed E-state index contributed by atoms with van der Waals surface area (Å²) in [6.45, 7) is 12.4. The highest BCUT2D eigenvalue weighted by Crippen LogP contribution is 2.58. The molecule has 0 aromatic heterocycles. The van der Waals surface area contributed by atoms with Crippen molar-refractivity contribution < 1.29 is 38.8 Å². The van der Waals surface area contributed by atoms with Crippen LogP contribution in [-0.2, 0) is 28.6 Å². The number of esters is 3. The molecule has 168 valence electrons. The molecule has 2 N–H and O–H groups in total. The van der Waals surface area contributed by atoms with E-state index in [2.05, 4.69) is 6.58 Å². The van der Waals surface area contributed by atoms with Gasteiger partial charge < -0.3 is 24.4 Å². The third-order valence-corrected chi connectivity index (χ3v) is 7.11. The molecule has 8 nitrogen and oxygen atoms in total. The lowest BCUT2D eigenvalue weighted by Crippen LogP contribution is -2.50. The zero-order chi connectivity index (χ0) is 22.5. The lowest BCUT2D eigenvalue weighted by Gasteiger charge is -2.42. The lowest BCUT2D eigenvalue weighted by molar-refractivity contribution is -0.163. The van der Waals surface area contributed by atoms with Crippen LogP contribution in [0.1, 0.15) is 47.5 Å². The van der Waals surface area contributed by atoms with E-state index in [4.69, 9.17) is 14.2 Å². The number of aliphatic hydroxyl groups excluding tert-OH is 2. The summed E-state index contributed by atoms with van der Waals surface area (Å²) in [5.74, 6) is -3.30. The largest absolute Gasteiger partial charge is 0.462 e. The van der Waals surface area contributed by atoms with Gasteiger partial charge in [-0.3, -0.25) is 9.59 Å². The summed E-state index contributed by atoms with van der Waals surface area (Å²) < 4.78 is 16.7. The van der Waals surface area contributed by atoms with Gasteiger partial charge in [0.1, 0.15) is 18.3 Å². The number of fused-ring (bicyclic) bond motifs is 2. The molecule has 0 bridgehead atoms. The Morgan fingerprint density at radius 1 is 1.30 bits per heavy atom. The van der Waals surface area contributed by atoms with Crippen LogP contribution in [0.2, 0.25) is 0 Å². The van der Waals surface area contributed by atoms with Gasteiger partial charge in [-0.15, -0.1) is 0 Å². The molecule has 1 aliphatic heterocycles. The fourth-order valence-electron chi connectivity index (χ4n) is 5.72. The van der Waals surface area contributed by atoms with Gasteiger partial charge in [-0.05, 0) is 11.8 Å². The Balaban J connectivity index is 2.04. The first-order valence-corrected chi connectivity index (χ1v) is 10.5. The van der Waals surface area contributed by atoms with Gasteiger partial charge >= 0.3 is 17.9 Å². The topological polar surface area (TPSA) is 119 Å². The molecule has 3 rings (SSSR count). The molecule has 0 radical (unpaired) electrons. The zero-order valence-electron chi connectivity index (χ0n) is 18.2. The van der Waals surface area contributed by atoms with E-state index in [9.17, 15) is 24.6 Å². The Hall–Kier alpha value is -1.93. The van der Waals surface area contributed by atoms with E-state index in [0.29, 0.717) is 0 Å². The van der Waals surface area contributed by atoms with Crippen LogP contribution < -0.4 is 0 Å². The SMILES string of the molecule is C=C1C(=O)O[C@H]2[C@H](O)[C@@H](C)[C@@H]3[C@@H](OC(=O)CC(C)C)C[C@@H](OC(C)=O)[C@@]3(C)[C@H](O)[C@H]12. The Morgan fingerprint density at radius 2 is 1.93 bits per heavy atom. The van der Waals surface area contributed by atoms with E-state index in [1.807, 2.05) is 13.8 Å². The molecule has 30 heavy (non-hydrogen) atoms. The number of aliphatic hydroxyl groups is 2. The summed E-state index contributed by atoms with van der Waals surface area (Å²) >= 11 is 0. The van der Waals surface area contributed by atoms with Gasteiger partial charge in [0, 0.05) is 36.7 Å². The molecule has 8 heteroatoms. The van der Waals surface area contributed by atoms with Gasteiger partial charge in [-0.1, -0.05) is 34.3 Å². The van der Waals surface area contributed by atoms with Crippen LogP contribution in [0.3, 0.4) is 0 Å². The van der Waals surface area contributed by atoms with Crippen LogP contribution in [0.25, 0.3) is 0 Å². The maximum absolute atomic E-state index is 12.4. The second kappa shape index (κ2) is 7.96. The number of hydrogen-bond donors (Lipinski definition) is 2. The van der Waals surface area contributed by atoms with E-state index in [1.165, 1.54) is 6.92 Å². The Morgan fingerprint density at radius 3 is 2.50 bits per heavy atom. The molecule has 0 unspecified atom stereocenters. The first-order valence-electron chi connectivity index (χ1n) is 10.5. The summed E-state index contributed by atoms with van der Waals surface area (Å²) in [5.41, 5.74) is -0.993. The van der Waals surface area contributed by atoms with E-state index in [1.54, 1.807) is 13.8 Å². The van der Waals surface area contributed by atoms with E-state index in [0.717, 1.165) is 0 Å². The van der Waals surface area contributed by atoms with E-state index < -0.39 is 65.6 Å². The molecular formula is C22H32O8. The Bertz CT molecular complexity index is 745. The Kier molecular flexibility index (Phi) is 6.04. The quantitative estimate of drug-likeness (QED) is 0.395. The van der Waals surface area contributed by atoms with Crippen molar-refractivity contribution in [3.8, 4) is 0 Å². The van der Waals surface area contributed by atoms with E-state index in [-0.39, 0.29) is 30.3 Å². The van der Waals surface area contributed by atoms with Gasteiger partial charge in [0.2, 0.25) is 0 Å². The summed E-state index contributed by atoms with van der Waals surface area (Å²) in [7, 11) is 0. The molecule has 1 heterocycles. The third-order valence-electron chi connectivity index (χ3n) is 7.11. The highest BCUT2D eigenvalue weighted by molar-refractivity contribution is 5.91. The minimum absolute atomic E-state index is 0.0856. The number of carbonyl (C=O) groups excluding carboxylic acids is 3. The average molecular weight is 424 g/mol. The molecule has 0 amide bonds. The van der Waals surface area contributed by atoms with Crippen LogP contribution in [-0.4, -0.2) is 58.6 Å². The number of hydrogen-bond acceptors (Lipinski definition) is 8. The molecule has 0 aromatic carbocycles. The second-order valence-corrected chi connectivity index (χ2v) is 9.57. The van der Waals surface area contributed by atoms with E-state index >= 15 is 0 Å². The molecule has 9 atom stereocenters. The highest BCUT2D eigenvalue weighted by Gasteiger charge is 2.68. The first kappa shape index (κ1) is 22.7. The molecule has 3 fully saturated rings. The number of rotatable bonds is 4. The van der Waals surface area contributed by atoms with Crippen molar-refractivity contribution >= 4 is 17.9 Å². The molecule has 2 saturated carbocycles. The highest BCUT2D eigenvalue weighted by atomic mass is 16.6. The van der Waals surface area contributed by atoms with Gasteiger partial charge in [0.05, 0.1) is 18.1 Å². The molecular weight excluding hydrogens is 392 g/mol. The predicted octanol–water partition coefficient (Wildman–Crippen LogP) is 1.37. The van der Waals surface area contributed by atoms with Crippen LogP contribution in [0, 0.1) is 29.1 Å². The van der Waals surface area contributed by atoms with Gasteiger partial charge in [-0.25, -0.2) is 4.79 Å². The van der Waals surface area contributed by atoms with Crippen LogP contribution in [0.15, 0.2) is 12.2 Å². The fourth-order valence-corrected chi connectivity index (χ4v) is 5.72. The normalized spacial score (nSPS) is 42.9. The first-order chi connectivity index (χ1) is 13.9. The molecule has 2 aliphatic carbocycles. The predicted molar refractivity (Wildman–Crippen MR) is 105 cm³/mol. The van der Waals surface area contributed by atoms with Crippen molar-refractivity contribution in [1.29, 1.82) is 0 Å². The summed E-state index contributed by atoms with van der Waals surface area (Å²) in [4.78, 5) is 36.4. The van der Waals surface area contributed by atoms with Gasteiger partial charge in [0.25, 0.3) is 0 Å². The van der Waals surface area contributed by atoms with Crippen molar-refractivity contribution in [2.45, 2.75) is 78.0 Å². The number of ether oxygens (including phenoxy) is 3. The lowest BCUT2D eigenvalue weighted by atomic mass is 9.66. The smallest absolute Gasteiger partial charge is 0.334 e. The maximum Gasteiger partial charge on any atom is 0.334 e. The minimum Gasteiger partial charge on any atom is -0.462 e. The standard InChI is InChI=1S/C22H32O8/c1-9(2)7-15(24)29-13-8-14(28-12(5)23)22(6)17(13)11(4)18(25)19-16(20(22)26)10(3)21(27)30-19/h9,11,13-14,16-20,25-26H,3,7-8H2,1-2,4-6H3/t11-,13-,14+,16+,17+,18+,19+,20+,22+/m0/s1. The maximum atomic E-state index is 12.4. The average Bonchev–Trinajstić information content (AvgIpc) is 3.04. The van der Waals surface area contributed by atoms with Crippen molar-refractivity contribution in [1.82, 2.24) is 0 Å². The monoisotopic (exact) mass is 424 g/mol. The van der Waals surface area contributed by atoms with Crippen molar-refractivity contribution in [2.75, 3.05) is 0 Å². The fraction of sp³-hybridized carbons (Fsp3) is 0.773.